The first-order valence-electron chi connectivity index (χ1n) is 17.3. The molecule has 3 unspecified atom stereocenters. The van der Waals surface area contributed by atoms with E-state index >= 15 is 0 Å². The molecular weight excluding hydrogens is 599 g/mol. The van der Waals surface area contributed by atoms with E-state index in [1.54, 1.807) is 0 Å². The smallest absolute Gasteiger partial charge is 0.164 e. The molecule has 0 saturated heterocycles. The molecule has 5 heteroatoms. The molecular formula is C44H35N5. The van der Waals surface area contributed by atoms with Crippen molar-refractivity contribution in [1.29, 1.82) is 0 Å². The third-order valence-electron chi connectivity index (χ3n) is 10.2. The molecule has 2 fully saturated rings. The van der Waals surface area contributed by atoms with Gasteiger partial charge in [0.15, 0.2) is 23.3 Å². The minimum Gasteiger partial charge on any atom is -0.228 e. The summed E-state index contributed by atoms with van der Waals surface area (Å²) < 4.78 is 0. The van der Waals surface area contributed by atoms with Gasteiger partial charge in [-0.2, -0.15) is 0 Å². The lowest BCUT2D eigenvalue weighted by atomic mass is 9.83. The van der Waals surface area contributed by atoms with Crippen molar-refractivity contribution in [3.8, 4) is 68.1 Å². The molecule has 49 heavy (non-hydrogen) atoms. The van der Waals surface area contributed by atoms with E-state index in [2.05, 4.69) is 66.7 Å². The van der Waals surface area contributed by atoms with Crippen molar-refractivity contribution in [3.63, 3.8) is 0 Å². The second-order valence-corrected chi connectivity index (χ2v) is 13.4. The molecule has 2 aliphatic carbocycles. The Morgan fingerprint density at radius 2 is 0.837 bits per heavy atom. The predicted octanol–water partition coefficient (Wildman–Crippen LogP) is 10.6. The van der Waals surface area contributed by atoms with Crippen LogP contribution in [0.4, 0.5) is 0 Å². The first-order valence-corrected chi connectivity index (χ1v) is 17.3. The quantitative estimate of drug-likeness (QED) is 0.175. The molecule has 0 aliphatic heterocycles. The van der Waals surface area contributed by atoms with Gasteiger partial charge in [-0.25, -0.2) is 24.9 Å². The van der Waals surface area contributed by atoms with Crippen LogP contribution in [-0.2, 0) is 0 Å². The highest BCUT2D eigenvalue weighted by atomic mass is 15.0. The highest BCUT2D eigenvalue weighted by Crippen LogP contribution is 2.53. The molecule has 2 aliphatic rings. The third kappa shape index (κ3) is 5.93. The average Bonchev–Trinajstić information content (AvgIpc) is 3.83. The van der Waals surface area contributed by atoms with E-state index in [1.165, 1.54) is 31.2 Å². The molecule has 9 rings (SSSR count). The molecule has 0 spiro atoms. The van der Waals surface area contributed by atoms with E-state index in [0.717, 1.165) is 56.6 Å². The molecule has 0 amide bonds. The minimum atomic E-state index is 0.616. The van der Waals surface area contributed by atoms with Crippen LogP contribution < -0.4 is 0 Å². The number of rotatable bonds is 7. The first kappa shape index (κ1) is 29.3. The number of hydrogen-bond acceptors (Lipinski definition) is 5. The largest absolute Gasteiger partial charge is 0.228 e. The number of hydrogen-bond donors (Lipinski definition) is 0. The van der Waals surface area contributed by atoms with Gasteiger partial charge in [0.1, 0.15) is 0 Å². The topological polar surface area (TPSA) is 64.5 Å². The Kier molecular flexibility index (Phi) is 7.58. The van der Waals surface area contributed by atoms with Gasteiger partial charge in [0.2, 0.25) is 0 Å². The molecule has 5 aromatic carbocycles. The summed E-state index contributed by atoms with van der Waals surface area (Å²) >= 11 is 0. The summed E-state index contributed by atoms with van der Waals surface area (Å²) in [6.07, 6.45) is 5.48. The van der Waals surface area contributed by atoms with E-state index < -0.39 is 0 Å². The minimum absolute atomic E-state index is 0.616. The number of aromatic nitrogens is 5. The second kappa shape index (κ2) is 12.7. The van der Waals surface area contributed by atoms with E-state index in [1.807, 2.05) is 78.9 Å². The number of fused-ring (bicyclic) bond motifs is 2. The van der Waals surface area contributed by atoms with Gasteiger partial charge >= 0.3 is 0 Å². The van der Waals surface area contributed by atoms with Gasteiger partial charge in [-0.3, -0.25) is 0 Å². The van der Waals surface area contributed by atoms with Crippen molar-refractivity contribution in [2.75, 3.05) is 0 Å². The van der Waals surface area contributed by atoms with Crippen LogP contribution in [0.15, 0.2) is 146 Å². The van der Waals surface area contributed by atoms with E-state index in [-0.39, 0.29) is 0 Å². The zero-order valence-electron chi connectivity index (χ0n) is 27.2. The lowest BCUT2D eigenvalue weighted by Gasteiger charge is -2.22. The maximum absolute atomic E-state index is 5.14. The van der Waals surface area contributed by atoms with Gasteiger partial charge < -0.3 is 0 Å². The molecule has 2 bridgehead atoms. The molecule has 0 radical (unpaired) electrons. The summed E-state index contributed by atoms with van der Waals surface area (Å²) in [5.74, 6) is 4.99. The third-order valence-corrected chi connectivity index (χ3v) is 10.2. The van der Waals surface area contributed by atoms with Crippen LogP contribution in [0.25, 0.3) is 68.1 Å². The van der Waals surface area contributed by atoms with Gasteiger partial charge in [-0.1, -0.05) is 134 Å². The predicted molar refractivity (Wildman–Crippen MR) is 196 cm³/mol. The van der Waals surface area contributed by atoms with Gasteiger partial charge in [0.05, 0.1) is 11.4 Å². The van der Waals surface area contributed by atoms with Crippen molar-refractivity contribution >= 4 is 0 Å². The standard InChI is InChI=1S/C44H35N5/c1-4-12-30(13-5-1)41-45-39(35-19-10-18-33(26-35)38-25-29-22-23-34(38)24-29)28-40(46-41)36-20-11-21-37(27-36)44-48-42(31-14-6-2-7-15-31)47-43(49-44)32-16-8-3-9-17-32/h1-21,26-29,34,38H,22-25H2. The van der Waals surface area contributed by atoms with Crippen molar-refractivity contribution in [2.45, 2.75) is 31.6 Å². The van der Waals surface area contributed by atoms with Crippen LogP contribution in [0, 0.1) is 11.8 Å². The molecule has 7 aromatic rings. The molecule has 236 valence electrons. The maximum atomic E-state index is 5.14. The lowest BCUT2D eigenvalue weighted by molar-refractivity contribution is 0.420. The Bertz CT molecular complexity index is 2190. The molecule has 2 saturated carbocycles. The zero-order chi connectivity index (χ0) is 32.6. The normalized spacial score (nSPS) is 18.1. The Balaban J connectivity index is 1.15. The Morgan fingerprint density at radius 3 is 1.37 bits per heavy atom. The summed E-state index contributed by atoms with van der Waals surface area (Å²) in [6.45, 7) is 0. The van der Waals surface area contributed by atoms with Gasteiger partial charge in [-0.15, -0.1) is 0 Å². The summed E-state index contributed by atoms with van der Waals surface area (Å²) in [5.41, 5.74) is 9.12. The summed E-state index contributed by atoms with van der Waals surface area (Å²) in [5, 5.41) is 0. The molecule has 2 heterocycles. The van der Waals surface area contributed by atoms with Crippen LogP contribution in [0.2, 0.25) is 0 Å². The molecule has 5 nitrogen and oxygen atoms in total. The fourth-order valence-corrected chi connectivity index (χ4v) is 7.80. The molecule has 3 atom stereocenters. The summed E-state index contributed by atoms with van der Waals surface area (Å²) in [7, 11) is 0. The highest BCUT2D eigenvalue weighted by molar-refractivity contribution is 5.75. The van der Waals surface area contributed by atoms with Gasteiger partial charge in [0.25, 0.3) is 0 Å². The number of nitrogens with zero attached hydrogens (tertiary/aromatic N) is 5. The van der Waals surface area contributed by atoms with Crippen molar-refractivity contribution in [1.82, 2.24) is 24.9 Å². The molecule has 2 aromatic heterocycles. The molecule has 0 N–H and O–H groups in total. The van der Waals surface area contributed by atoms with E-state index in [4.69, 9.17) is 24.9 Å². The van der Waals surface area contributed by atoms with Crippen LogP contribution in [-0.4, -0.2) is 24.9 Å². The monoisotopic (exact) mass is 633 g/mol. The fourth-order valence-electron chi connectivity index (χ4n) is 7.80. The summed E-state index contributed by atoms with van der Waals surface area (Å²) in [4.78, 5) is 25.1. The van der Waals surface area contributed by atoms with Crippen molar-refractivity contribution < 1.29 is 0 Å². The van der Waals surface area contributed by atoms with Crippen molar-refractivity contribution in [2.24, 2.45) is 11.8 Å². The highest BCUT2D eigenvalue weighted by Gasteiger charge is 2.40. The Hall–Kier alpha value is -5.81. The van der Waals surface area contributed by atoms with Crippen LogP contribution >= 0.6 is 0 Å². The second-order valence-electron chi connectivity index (χ2n) is 13.4. The van der Waals surface area contributed by atoms with E-state index in [0.29, 0.717) is 29.2 Å². The average molecular weight is 634 g/mol. The Labute approximate surface area is 286 Å². The SMILES string of the molecule is c1ccc(-c2nc(-c3cccc(-c4nc(-c5ccccc5)nc(-c5ccccc5)n4)c3)cc(-c3cccc(C4CC5CCC4C5)c3)n2)cc1. The van der Waals surface area contributed by atoms with Gasteiger partial charge in [-0.05, 0) is 60.8 Å². The zero-order valence-corrected chi connectivity index (χ0v) is 27.2. The lowest BCUT2D eigenvalue weighted by Crippen LogP contribution is -2.08. The van der Waals surface area contributed by atoms with Gasteiger partial charge in [0, 0.05) is 33.4 Å². The fraction of sp³-hybridized carbons (Fsp3) is 0.159. The number of benzene rings is 5. The maximum Gasteiger partial charge on any atom is 0.164 e. The Morgan fingerprint density at radius 1 is 0.367 bits per heavy atom. The first-order chi connectivity index (χ1) is 24.2. The summed E-state index contributed by atoms with van der Waals surface area (Å²) in [6, 6.07) is 50.0. The van der Waals surface area contributed by atoms with Crippen LogP contribution in [0.5, 0.6) is 0 Å². The van der Waals surface area contributed by atoms with Crippen LogP contribution in [0.1, 0.15) is 37.2 Å². The van der Waals surface area contributed by atoms with Crippen molar-refractivity contribution in [3.05, 3.63) is 151 Å². The van der Waals surface area contributed by atoms with Crippen LogP contribution in [0.3, 0.4) is 0 Å². The van der Waals surface area contributed by atoms with E-state index in [9.17, 15) is 0 Å².